The number of hydrogen-bond acceptors (Lipinski definition) is 2. The van der Waals surface area contributed by atoms with Crippen LogP contribution in [0.15, 0.2) is 6.20 Å². The van der Waals surface area contributed by atoms with E-state index in [-0.39, 0.29) is 16.6 Å². The van der Waals surface area contributed by atoms with Crippen LogP contribution in [0.25, 0.3) is 0 Å². The molecule has 1 aromatic heterocycles. The summed E-state index contributed by atoms with van der Waals surface area (Å²) < 4.78 is 13.2. The number of hydrogen-bond donors (Lipinski definition) is 0. The minimum Gasteiger partial charge on any atom is -0.242 e. The average Bonchev–Trinajstić information content (AvgIpc) is 2.09. The van der Waals surface area contributed by atoms with Crippen LogP contribution in [0.2, 0.25) is 5.02 Å². The number of rotatable bonds is 1. The summed E-state index contributed by atoms with van der Waals surface area (Å²) >= 11 is 5.71. The molecule has 68 valence electrons. The Morgan fingerprint density at radius 3 is 2.69 bits per heavy atom. The van der Waals surface area contributed by atoms with Crippen molar-refractivity contribution in [3.63, 3.8) is 0 Å². The Morgan fingerprint density at radius 1 is 1.62 bits per heavy atom. The Morgan fingerprint density at radius 2 is 2.23 bits per heavy atom. The van der Waals surface area contributed by atoms with Gasteiger partial charge in [0.1, 0.15) is 6.07 Å². The number of aromatic nitrogens is 1. The maximum Gasteiger partial charge on any atom is 0.178 e. The summed E-state index contributed by atoms with van der Waals surface area (Å²) in [6.07, 6.45) is 1.44. The molecular formula is C9H8ClFN2. The summed E-state index contributed by atoms with van der Waals surface area (Å²) in [5.74, 6) is -0.627. The van der Waals surface area contributed by atoms with Gasteiger partial charge in [-0.25, -0.2) is 9.37 Å². The zero-order chi connectivity index (χ0) is 10.0. The van der Waals surface area contributed by atoms with Gasteiger partial charge in [-0.05, 0) is 11.5 Å². The van der Waals surface area contributed by atoms with Crippen LogP contribution < -0.4 is 0 Å². The third-order valence-corrected chi connectivity index (χ3v) is 2.10. The van der Waals surface area contributed by atoms with Crippen LogP contribution in [-0.2, 0) is 0 Å². The van der Waals surface area contributed by atoms with Crippen molar-refractivity contribution >= 4 is 11.6 Å². The molecule has 2 nitrogen and oxygen atoms in total. The topological polar surface area (TPSA) is 36.7 Å². The average molecular weight is 199 g/mol. The van der Waals surface area contributed by atoms with E-state index in [1.165, 1.54) is 6.20 Å². The minimum absolute atomic E-state index is 0.00144. The van der Waals surface area contributed by atoms with Crippen LogP contribution in [-0.4, -0.2) is 4.98 Å². The fourth-order valence-electron chi connectivity index (χ4n) is 0.959. The van der Waals surface area contributed by atoms with Crippen LogP contribution in [0.1, 0.15) is 31.0 Å². The van der Waals surface area contributed by atoms with E-state index in [4.69, 9.17) is 16.9 Å². The summed E-state index contributed by atoms with van der Waals surface area (Å²) in [5, 5.41) is 8.46. The quantitative estimate of drug-likeness (QED) is 0.696. The largest absolute Gasteiger partial charge is 0.242 e. The Kier molecular flexibility index (Phi) is 2.84. The van der Waals surface area contributed by atoms with Crippen LogP contribution in [0.5, 0.6) is 0 Å². The molecule has 1 rings (SSSR count). The first kappa shape index (κ1) is 9.94. The van der Waals surface area contributed by atoms with E-state index in [1.54, 1.807) is 6.07 Å². The number of pyridine rings is 1. The van der Waals surface area contributed by atoms with Gasteiger partial charge in [-0.1, -0.05) is 25.4 Å². The van der Waals surface area contributed by atoms with E-state index in [1.807, 2.05) is 13.8 Å². The molecule has 0 spiro atoms. The van der Waals surface area contributed by atoms with E-state index in [9.17, 15) is 4.39 Å². The summed E-state index contributed by atoms with van der Waals surface area (Å²) in [7, 11) is 0. The molecular weight excluding hydrogens is 191 g/mol. The van der Waals surface area contributed by atoms with Crippen molar-refractivity contribution in [2.45, 2.75) is 19.8 Å². The first-order valence-corrected chi connectivity index (χ1v) is 4.19. The standard InChI is InChI=1S/C9H8ClFN2/c1-5(2)6-4-13-7(3-12)9(11)8(6)10/h4-5H,1-2H3. The number of nitriles is 1. The molecule has 13 heavy (non-hydrogen) atoms. The Bertz CT molecular complexity index is 369. The predicted molar refractivity (Wildman–Crippen MR) is 48.0 cm³/mol. The molecule has 0 N–H and O–H groups in total. The van der Waals surface area contributed by atoms with Crippen molar-refractivity contribution in [1.82, 2.24) is 4.98 Å². The third-order valence-electron chi connectivity index (χ3n) is 1.71. The number of halogens is 2. The SMILES string of the molecule is CC(C)c1cnc(C#N)c(F)c1Cl. The highest BCUT2D eigenvalue weighted by atomic mass is 35.5. The van der Waals surface area contributed by atoms with Gasteiger partial charge in [0, 0.05) is 6.20 Å². The van der Waals surface area contributed by atoms with Crippen molar-refractivity contribution in [3.8, 4) is 6.07 Å². The van der Waals surface area contributed by atoms with E-state index in [0.29, 0.717) is 5.56 Å². The molecule has 0 bridgehead atoms. The molecule has 0 saturated carbocycles. The molecule has 0 unspecified atom stereocenters. The second-order valence-electron chi connectivity index (χ2n) is 2.96. The second-order valence-corrected chi connectivity index (χ2v) is 3.33. The maximum atomic E-state index is 13.2. The fraction of sp³-hybridized carbons (Fsp3) is 0.333. The maximum absolute atomic E-state index is 13.2. The van der Waals surface area contributed by atoms with E-state index < -0.39 is 5.82 Å². The molecule has 0 atom stereocenters. The Balaban J connectivity index is 3.33. The Labute approximate surface area is 81.0 Å². The molecule has 0 fully saturated rings. The van der Waals surface area contributed by atoms with Gasteiger partial charge in [0.15, 0.2) is 11.5 Å². The lowest BCUT2D eigenvalue weighted by Gasteiger charge is -2.07. The highest BCUT2D eigenvalue weighted by Crippen LogP contribution is 2.26. The van der Waals surface area contributed by atoms with E-state index >= 15 is 0 Å². The summed E-state index contributed by atoms with van der Waals surface area (Å²) in [4.78, 5) is 3.66. The molecule has 1 heterocycles. The van der Waals surface area contributed by atoms with Gasteiger partial charge in [0.2, 0.25) is 0 Å². The summed E-state index contributed by atoms with van der Waals surface area (Å²) in [6.45, 7) is 3.77. The normalized spacial score (nSPS) is 10.2. The number of nitrogens with zero attached hydrogens (tertiary/aromatic N) is 2. The highest BCUT2D eigenvalue weighted by Gasteiger charge is 2.14. The van der Waals surface area contributed by atoms with Gasteiger partial charge in [-0.3, -0.25) is 0 Å². The highest BCUT2D eigenvalue weighted by molar-refractivity contribution is 6.31. The van der Waals surface area contributed by atoms with Gasteiger partial charge in [-0.15, -0.1) is 0 Å². The van der Waals surface area contributed by atoms with Crippen molar-refractivity contribution in [2.24, 2.45) is 0 Å². The first-order valence-electron chi connectivity index (χ1n) is 3.82. The van der Waals surface area contributed by atoms with Gasteiger partial charge >= 0.3 is 0 Å². The lowest BCUT2D eigenvalue weighted by atomic mass is 10.1. The van der Waals surface area contributed by atoms with Crippen molar-refractivity contribution < 1.29 is 4.39 Å². The van der Waals surface area contributed by atoms with Crippen molar-refractivity contribution in [3.05, 3.63) is 28.3 Å². The second kappa shape index (κ2) is 3.71. The molecule has 0 aliphatic rings. The van der Waals surface area contributed by atoms with Gasteiger partial charge in [0.25, 0.3) is 0 Å². The van der Waals surface area contributed by atoms with Gasteiger partial charge < -0.3 is 0 Å². The molecule has 4 heteroatoms. The summed E-state index contributed by atoms with van der Waals surface area (Å²) in [6, 6.07) is 1.63. The van der Waals surface area contributed by atoms with E-state index in [0.717, 1.165) is 0 Å². The van der Waals surface area contributed by atoms with Gasteiger partial charge in [0.05, 0.1) is 5.02 Å². The molecule has 0 radical (unpaired) electrons. The summed E-state index contributed by atoms with van der Waals surface area (Å²) in [5.41, 5.74) is 0.368. The fourth-order valence-corrected chi connectivity index (χ4v) is 1.32. The molecule has 0 aliphatic heterocycles. The zero-order valence-electron chi connectivity index (χ0n) is 7.31. The van der Waals surface area contributed by atoms with E-state index in [2.05, 4.69) is 4.98 Å². The molecule has 0 aromatic carbocycles. The minimum atomic E-state index is -0.727. The Hall–Kier alpha value is -1.14. The van der Waals surface area contributed by atoms with Crippen molar-refractivity contribution in [2.75, 3.05) is 0 Å². The molecule has 0 aliphatic carbocycles. The lowest BCUT2D eigenvalue weighted by molar-refractivity contribution is 0.611. The van der Waals surface area contributed by atoms with Crippen LogP contribution in [0.4, 0.5) is 4.39 Å². The zero-order valence-corrected chi connectivity index (χ0v) is 8.06. The van der Waals surface area contributed by atoms with Gasteiger partial charge in [-0.2, -0.15) is 5.26 Å². The van der Waals surface area contributed by atoms with Crippen LogP contribution in [0.3, 0.4) is 0 Å². The third kappa shape index (κ3) is 1.78. The molecule has 0 amide bonds. The van der Waals surface area contributed by atoms with Crippen molar-refractivity contribution in [1.29, 1.82) is 5.26 Å². The van der Waals surface area contributed by atoms with Crippen LogP contribution in [0, 0.1) is 17.1 Å². The smallest absolute Gasteiger partial charge is 0.178 e. The van der Waals surface area contributed by atoms with Crippen LogP contribution >= 0.6 is 11.6 Å². The predicted octanol–water partition coefficient (Wildman–Crippen LogP) is 2.87. The molecule has 1 aromatic rings. The monoisotopic (exact) mass is 198 g/mol. The molecule has 0 saturated heterocycles. The lowest BCUT2D eigenvalue weighted by Crippen LogP contribution is -1.97. The first-order chi connectivity index (χ1) is 6.07.